The molecule has 158 valence electrons. The Labute approximate surface area is 194 Å². The van der Waals surface area contributed by atoms with Crippen LogP contribution in [0.3, 0.4) is 0 Å². The molecule has 5 nitrogen and oxygen atoms in total. The minimum absolute atomic E-state index is 0.116. The van der Waals surface area contributed by atoms with Crippen LogP contribution >= 0.6 is 34.5 Å². The van der Waals surface area contributed by atoms with Gasteiger partial charge in [-0.2, -0.15) is 5.10 Å². The summed E-state index contributed by atoms with van der Waals surface area (Å²) in [5, 5.41) is 9.07. The molecule has 0 radical (unpaired) electrons. The Kier molecular flexibility index (Phi) is 6.41. The van der Waals surface area contributed by atoms with Crippen LogP contribution in [-0.4, -0.2) is 41.0 Å². The SMILES string of the molecule is CN(CC(=O)N1N=C(c2cccs2)CC1c1ccc(Cl)cc1)C(=O)c1ccccc1Cl. The Morgan fingerprint density at radius 1 is 1.10 bits per heavy atom. The number of hydrogen-bond acceptors (Lipinski definition) is 4. The molecule has 0 saturated heterocycles. The molecule has 1 aliphatic heterocycles. The average molecular weight is 472 g/mol. The molecule has 0 N–H and O–H groups in total. The highest BCUT2D eigenvalue weighted by Gasteiger charge is 2.34. The van der Waals surface area contributed by atoms with Gasteiger partial charge in [-0.15, -0.1) is 11.3 Å². The van der Waals surface area contributed by atoms with E-state index in [0.29, 0.717) is 22.0 Å². The lowest BCUT2D eigenvalue weighted by atomic mass is 10.0. The molecule has 0 spiro atoms. The van der Waals surface area contributed by atoms with Crippen LogP contribution in [0.25, 0.3) is 0 Å². The zero-order valence-corrected chi connectivity index (χ0v) is 19.0. The van der Waals surface area contributed by atoms with Crippen molar-refractivity contribution in [3.8, 4) is 0 Å². The van der Waals surface area contributed by atoms with Crippen LogP contribution in [0.2, 0.25) is 10.0 Å². The number of thiophene rings is 1. The van der Waals surface area contributed by atoms with E-state index in [1.165, 1.54) is 9.91 Å². The number of nitrogens with zero attached hydrogens (tertiary/aromatic N) is 3. The highest BCUT2D eigenvalue weighted by molar-refractivity contribution is 7.12. The number of carbonyl (C=O) groups excluding carboxylic acids is 2. The van der Waals surface area contributed by atoms with Gasteiger partial charge < -0.3 is 4.90 Å². The van der Waals surface area contributed by atoms with Crippen LogP contribution < -0.4 is 0 Å². The van der Waals surface area contributed by atoms with E-state index in [9.17, 15) is 9.59 Å². The summed E-state index contributed by atoms with van der Waals surface area (Å²) < 4.78 is 0. The van der Waals surface area contributed by atoms with Crippen LogP contribution in [0.5, 0.6) is 0 Å². The molecule has 1 atom stereocenters. The van der Waals surface area contributed by atoms with Crippen molar-refractivity contribution in [2.45, 2.75) is 12.5 Å². The Balaban J connectivity index is 1.57. The molecule has 0 bridgehead atoms. The summed E-state index contributed by atoms with van der Waals surface area (Å²) in [6.45, 7) is -0.116. The summed E-state index contributed by atoms with van der Waals surface area (Å²) in [4.78, 5) is 28.4. The Morgan fingerprint density at radius 2 is 1.84 bits per heavy atom. The van der Waals surface area contributed by atoms with Gasteiger partial charge in [0.25, 0.3) is 11.8 Å². The van der Waals surface area contributed by atoms with Gasteiger partial charge in [-0.3, -0.25) is 9.59 Å². The van der Waals surface area contributed by atoms with Crippen molar-refractivity contribution in [2.24, 2.45) is 5.10 Å². The number of rotatable bonds is 5. The van der Waals surface area contributed by atoms with Gasteiger partial charge >= 0.3 is 0 Å². The number of halogens is 2. The zero-order valence-electron chi connectivity index (χ0n) is 16.7. The lowest BCUT2D eigenvalue weighted by Crippen LogP contribution is -2.39. The Hall–Kier alpha value is -2.67. The maximum atomic E-state index is 13.2. The first-order valence-electron chi connectivity index (χ1n) is 9.63. The van der Waals surface area contributed by atoms with Gasteiger partial charge in [0.05, 0.1) is 27.2 Å². The van der Waals surface area contributed by atoms with E-state index in [1.54, 1.807) is 54.8 Å². The van der Waals surface area contributed by atoms with Gasteiger partial charge in [-0.1, -0.05) is 53.5 Å². The van der Waals surface area contributed by atoms with Crippen molar-refractivity contribution in [3.05, 3.63) is 92.1 Å². The van der Waals surface area contributed by atoms with E-state index in [1.807, 2.05) is 29.6 Å². The van der Waals surface area contributed by atoms with Gasteiger partial charge in [0.2, 0.25) is 0 Å². The minimum Gasteiger partial charge on any atom is -0.332 e. The number of carbonyl (C=O) groups is 2. The maximum absolute atomic E-state index is 13.2. The van der Waals surface area contributed by atoms with Gasteiger partial charge in [0.15, 0.2) is 0 Å². The standard InChI is InChI=1S/C23H19Cl2N3O2S/c1-27(23(30)17-5-2-3-6-18(17)25)14-22(29)28-20(15-8-10-16(24)11-9-15)13-19(26-28)21-7-4-12-31-21/h2-12,20H,13-14H2,1H3. The van der Waals surface area contributed by atoms with Gasteiger partial charge in [0.1, 0.15) is 6.54 Å². The predicted molar refractivity (Wildman–Crippen MR) is 125 cm³/mol. The second kappa shape index (κ2) is 9.22. The first kappa shape index (κ1) is 21.6. The number of amides is 2. The largest absolute Gasteiger partial charge is 0.332 e. The summed E-state index contributed by atoms with van der Waals surface area (Å²) in [7, 11) is 1.58. The molecule has 8 heteroatoms. The quantitative estimate of drug-likeness (QED) is 0.492. The third-order valence-electron chi connectivity index (χ3n) is 5.05. The molecule has 3 aromatic rings. The van der Waals surface area contributed by atoms with E-state index in [4.69, 9.17) is 23.2 Å². The maximum Gasteiger partial charge on any atom is 0.262 e. The van der Waals surface area contributed by atoms with E-state index < -0.39 is 0 Å². The van der Waals surface area contributed by atoms with E-state index in [-0.39, 0.29) is 24.4 Å². The van der Waals surface area contributed by atoms with E-state index in [2.05, 4.69) is 5.10 Å². The fourth-order valence-corrected chi connectivity index (χ4v) is 4.53. The van der Waals surface area contributed by atoms with Gasteiger partial charge in [0, 0.05) is 18.5 Å². The molecular formula is C23H19Cl2N3O2S. The Morgan fingerprint density at radius 3 is 2.52 bits per heavy atom. The smallest absolute Gasteiger partial charge is 0.262 e. The van der Waals surface area contributed by atoms with Crippen molar-refractivity contribution in [1.29, 1.82) is 0 Å². The second-order valence-corrected chi connectivity index (χ2v) is 8.97. The summed E-state index contributed by atoms with van der Waals surface area (Å²) in [6.07, 6.45) is 0.593. The van der Waals surface area contributed by atoms with Crippen LogP contribution in [0, 0.1) is 0 Å². The number of likely N-dealkylation sites (N-methyl/N-ethyl adjacent to an activating group) is 1. The lowest BCUT2D eigenvalue weighted by molar-refractivity contribution is -0.133. The summed E-state index contributed by atoms with van der Waals surface area (Å²) in [5.41, 5.74) is 2.15. The lowest BCUT2D eigenvalue weighted by Gasteiger charge is -2.25. The minimum atomic E-state index is -0.316. The van der Waals surface area contributed by atoms with Crippen molar-refractivity contribution >= 4 is 52.1 Å². The van der Waals surface area contributed by atoms with Crippen molar-refractivity contribution in [2.75, 3.05) is 13.6 Å². The topological polar surface area (TPSA) is 53.0 Å². The monoisotopic (exact) mass is 471 g/mol. The third kappa shape index (κ3) is 4.66. The molecule has 31 heavy (non-hydrogen) atoms. The first-order chi connectivity index (χ1) is 14.9. The zero-order chi connectivity index (χ0) is 22.0. The highest BCUT2D eigenvalue weighted by atomic mass is 35.5. The normalized spacial score (nSPS) is 15.6. The van der Waals surface area contributed by atoms with Gasteiger partial charge in [-0.25, -0.2) is 5.01 Å². The van der Waals surface area contributed by atoms with E-state index in [0.717, 1.165) is 16.2 Å². The molecule has 4 rings (SSSR count). The van der Waals surface area contributed by atoms with E-state index >= 15 is 0 Å². The van der Waals surface area contributed by atoms with Crippen molar-refractivity contribution in [3.63, 3.8) is 0 Å². The van der Waals surface area contributed by atoms with Crippen LogP contribution in [-0.2, 0) is 4.79 Å². The van der Waals surface area contributed by atoms with Crippen molar-refractivity contribution in [1.82, 2.24) is 9.91 Å². The molecule has 2 heterocycles. The Bertz CT molecular complexity index is 1130. The molecule has 0 fully saturated rings. The second-order valence-electron chi connectivity index (χ2n) is 7.17. The van der Waals surface area contributed by atoms with Crippen molar-refractivity contribution < 1.29 is 9.59 Å². The summed E-state index contributed by atoms with van der Waals surface area (Å²) in [6, 6.07) is 17.9. The molecule has 0 saturated carbocycles. The molecule has 1 aliphatic rings. The molecule has 1 aromatic heterocycles. The summed E-state index contributed by atoms with van der Waals surface area (Å²) in [5.74, 6) is -0.585. The fraction of sp³-hybridized carbons (Fsp3) is 0.174. The predicted octanol–water partition coefficient (Wildman–Crippen LogP) is 5.50. The number of benzene rings is 2. The van der Waals surface area contributed by atoms with Crippen LogP contribution in [0.1, 0.15) is 33.3 Å². The molecule has 2 aromatic carbocycles. The number of hydrogen-bond donors (Lipinski definition) is 0. The average Bonchev–Trinajstić information content (AvgIpc) is 3.44. The molecule has 0 aliphatic carbocycles. The fourth-order valence-electron chi connectivity index (χ4n) is 3.46. The third-order valence-corrected chi connectivity index (χ3v) is 6.55. The van der Waals surface area contributed by atoms with Crippen LogP contribution in [0.15, 0.2) is 71.1 Å². The molecular weight excluding hydrogens is 453 g/mol. The molecule has 1 unspecified atom stereocenters. The molecule has 2 amide bonds. The number of hydrazone groups is 1. The highest BCUT2D eigenvalue weighted by Crippen LogP contribution is 2.34. The van der Waals surface area contributed by atoms with Gasteiger partial charge in [-0.05, 0) is 41.3 Å². The van der Waals surface area contributed by atoms with Crippen LogP contribution in [0.4, 0.5) is 0 Å². The first-order valence-corrected chi connectivity index (χ1v) is 11.3. The summed E-state index contributed by atoms with van der Waals surface area (Å²) >= 11 is 13.8.